The standard InChI is InChI=1S/C13H22N4O2/c1-11(13(18)17-7-9-19-10-8-17)14-5-3-12-4-6-16(2)15-12/h4,6,11,14H,3,5,7-10H2,1-2H3. The number of carbonyl (C=O) groups excluding carboxylic acids is 1. The molecule has 0 spiro atoms. The van der Waals surface area contributed by atoms with Crippen molar-refractivity contribution in [3.05, 3.63) is 18.0 Å². The van der Waals surface area contributed by atoms with Crippen LogP contribution in [0.4, 0.5) is 0 Å². The van der Waals surface area contributed by atoms with E-state index in [1.165, 1.54) is 0 Å². The second-order valence-electron chi connectivity index (χ2n) is 4.84. The minimum atomic E-state index is -0.151. The number of morpholine rings is 1. The fourth-order valence-corrected chi connectivity index (χ4v) is 2.16. The molecule has 6 heteroatoms. The Morgan fingerprint density at radius 2 is 2.26 bits per heavy atom. The minimum Gasteiger partial charge on any atom is -0.378 e. The van der Waals surface area contributed by atoms with E-state index in [4.69, 9.17) is 4.74 Å². The Morgan fingerprint density at radius 1 is 1.53 bits per heavy atom. The summed E-state index contributed by atoms with van der Waals surface area (Å²) in [5.41, 5.74) is 1.04. The Bertz CT molecular complexity index is 413. The lowest BCUT2D eigenvalue weighted by molar-refractivity contribution is -0.137. The molecule has 0 radical (unpaired) electrons. The van der Waals surface area contributed by atoms with Crippen LogP contribution in [0, 0.1) is 0 Å². The minimum absolute atomic E-state index is 0.151. The summed E-state index contributed by atoms with van der Waals surface area (Å²) in [6, 6.07) is 1.85. The highest BCUT2D eigenvalue weighted by atomic mass is 16.5. The van der Waals surface area contributed by atoms with Gasteiger partial charge in [-0.2, -0.15) is 5.10 Å². The van der Waals surface area contributed by atoms with Crippen LogP contribution in [0.25, 0.3) is 0 Å². The SMILES string of the molecule is CC(NCCc1ccn(C)n1)C(=O)N1CCOCC1. The fraction of sp³-hybridized carbons (Fsp3) is 0.692. The molecule has 19 heavy (non-hydrogen) atoms. The van der Waals surface area contributed by atoms with Gasteiger partial charge in [-0.1, -0.05) is 0 Å². The zero-order valence-electron chi connectivity index (χ0n) is 11.6. The molecule has 1 aliphatic heterocycles. The highest BCUT2D eigenvalue weighted by molar-refractivity contribution is 5.81. The number of ether oxygens (including phenoxy) is 1. The van der Waals surface area contributed by atoms with Crippen LogP contribution in [0.1, 0.15) is 12.6 Å². The largest absolute Gasteiger partial charge is 0.378 e. The zero-order valence-corrected chi connectivity index (χ0v) is 11.6. The number of nitrogens with zero attached hydrogens (tertiary/aromatic N) is 3. The molecular weight excluding hydrogens is 244 g/mol. The first-order chi connectivity index (χ1) is 9.16. The molecule has 1 aliphatic rings. The maximum Gasteiger partial charge on any atom is 0.239 e. The van der Waals surface area contributed by atoms with E-state index >= 15 is 0 Å². The van der Waals surface area contributed by atoms with Gasteiger partial charge in [-0.25, -0.2) is 0 Å². The summed E-state index contributed by atoms with van der Waals surface area (Å²) in [4.78, 5) is 14.0. The smallest absolute Gasteiger partial charge is 0.239 e. The molecule has 0 aromatic carbocycles. The van der Waals surface area contributed by atoms with Crippen molar-refractivity contribution in [2.45, 2.75) is 19.4 Å². The lowest BCUT2D eigenvalue weighted by Crippen LogP contribution is -2.49. The summed E-state index contributed by atoms with van der Waals surface area (Å²) in [5.74, 6) is 0.157. The third kappa shape index (κ3) is 4.04. The summed E-state index contributed by atoms with van der Waals surface area (Å²) in [7, 11) is 1.90. The Labute approximate surface area is 113 Å². The van der Waals surface area contributed by atoms with Crippen molar-refractivity contribution in [1.82, 2.24) is 20.0 Å². The number of rotatable bonds is 5. The van der Waals surface area contributed by atoms with E-state index in [9.17, 15) is 4.79 Å². The van der Waals surface area contributed by atoms with Gasteiger partial charge in [-0.15, -0.1) is 0 Å². The van der Waals surface area contributed by atoms with Crippen molar-refractivity contribution in [3.8, 4) is 0 Å². The maximum atomic E-state index is 12.1. The van der Waals surface area contributed by atoms with Gasteiger partial charge in [-0.05, 0) is 13.0 Å². The van der Waals surface area contributed by atoms with E-state index < -0.39 is 0 Å². The number of hydrogen-bond acceptors (Lipinski definition) is 4. The first-order valence-corrected chi connectivity index (χ1v) is 6.75. The Kier molecular flexibility index (Phi) is 4.93. The van der Waals surface area contributed by atoms with Crippen LogP contribution in [0.15, 0.2) is 12.3 Å². The summed E-state index contributed by atoms with van der Waals surface area (Å²) in [6.07, 6.45) is 2.76. The van der Waals surface area contributed by atoms with E-state index in [-0.39, 0.29) is 11.9 Å². The number of aromatic nitrogens is 2. The molecule has 1 unspecified atom stereocenters. The first-order valence-electron chi connectivity index (χ1n) is 6.75. The molecule has 6 nitrogen and oxygen atoms in total. The molecule has 1 aromatic heterocycles. The Morgan fingerprint density at radius 3 is 2.89 bits per heavy atom. The van der Waals surface area contributed by atoms with E-state index in [1.54, 1.807) is 4.68 Å². The number of carbonyl (C=O) groups is 1. The molecule has 0 aliphatic carbocycles. The lowest BCUT2D eigenvalue weighted by atomic mass is 10.2. The molecule has 2 heterocycles. The molecular formula is C13H22N4O2. The van der Waals surface area contributed by atoms with Gasteiger partial charge in [0, 0.05) is 39.3 Å². The van der Waals surface area contributed by atoms with Gasteiger partial charge in [0.2, 0.25) is 5.91 Å². The summed E-state index contributed by atoms with van der Waals surface area (Å²) < 4.78 is 7.04. The quantitative estimate of drug-likeness (QED) is 0.802. The van der Waals surface area contributed by atoms with Crippen LogP contribution >= 0.6 is 0 Å². The first kappa shape index (κ1) is 14.0. The molecule has 0 bridgehead atoms. The predicted molar refractivity (Wildman–Crippen MR) is 71.8 cm³/mol. The Hall–Kier alpha value is -1.40. The van der Waals surface area contributed by atoms with Gasteiger partial charge in [0.1, 0.15) is 0 Å². The zero-order chi connectivity index (χ0) is 13.7. The van der Waals surface area contributed by atoms with Crippen LogP contribution in [0.2, 0.25) is 0 Å². The summed E-state index contributed by atoms with van der Waals surface area (Å²) in [6.45, 7) is 5.36. The third-order valence-corrected chi connectivity index (χ3v) is 3.29. The van der Waals surface area contributed by atoms with E-state index in [1.807, 2.05) is 31.1 Å². The number of aryl methyl sites for hydroxylation is 1. The van der Waals surface area contributed by atoms with Crippen LogP contribution in [0.5, 0.6) is 0 Å². The van der Waals surface area contributed by atoms with Crippen LogP contribution in [-0.4, -0.2) is 59.5 Å². The number of amides is 1. The van der Waals surface area contributed by atoms with Crippen molar-refractivity contribution >= 4 is 5.91 Å². The molecule has 2 rings (SSSR count). The topological polar surface area (TPSA) is 59.4 Å². The molecule has 1 saturated heterocycles. The maximum absolute atomic E-state index is 12.1. The molecule has 106 valence electrons. The van der Waals surface area contributed by atoms with Gasteiger partial charge in [-0.3, -0.25) is 9.48 Å². The normalized spacial score (nSPS) is 17.5. The molecule has 1 N–H and O–H groups in total. The average molecular weight is 266 g/mol. The highest BCUT2D eigenvalue weighted by Crippen LogP contribution is 2.01. The van der Waals surface area contributed by atoms with Crippen molar-refractivity contribution in [2.75, 3.05) is 32.8 Å². The van der Waals surface area contributed by atoms with E-state index in [0.29, 0.717) is 26.3 Å². The van der Waals surface area contributed by atoms with Crippen molar-refractivity contribution in [2.24, 2.45) is 7.05 Å². The molecule has 1 atom stereocenters. The van der Waals surface area contributed by atoms with Gasteiger partial charge in [0.25, 0.3) is 0 Å². The van der Waals surface area contributed by atoms with Crippen molar-refractivity contribution in [1.29, 1.82) is 0 Å². The fourth-order valence-electron chi connectivity index (χ4n) is 2.16. The van der Waals surface area contributed by atoms with Crippen LogP contribution in [-0.2, 0) is 23.0 Å². The summed E-state index contributed by atoms with van der Waals surface area (Å²) >= 11 is 0. The third-order valence-electron chi connectivity index (χ3n) is 3.29. The monoisotopic (exact) mass is 266 g/mol. The average Bonchev–Trinajstić information content (AvgIpc) is 2.84. The van der Waals surface area contributed by atoms with Crippen LogP contribution < -0.4 is 5.32 Å². The number of nitrogens with one attached hydrogen (secondary N) is 1. The Balaban J connectivity index is 1.71. The second kappa shape index (κ2) is 6.68. The molecule has 1 fully saturated rings. The van der Waals surface area contributed by atoms with E-state index in [2.05, 4.69) is 10.4 Å². The highest BCUT2D eigenvalue weighted by Gasteiger charge is 2.21. The molecule has 1 amide bonds. The van der Waals surface area contributed by atoms with Gasteiger partial charge >= 0.3 is 0 Å². The van der Waals surface area contributed by atoms with Crippen molar-refractivity contribution < 1.29 is 9.53 Å². The predicted octanol–water partition coefficient (Wildman–Crippen LogP) is -0.200. The van der Waals surface area contributed by atoms with Crippen LogP contribution in [0.3, 0.4) is 0 Å². The van der Waals surface area contributed by atoms with Gasteiger partial charge in [0.05, 0.1) is 24.9 Å². The summed E-state index contributed by atoms with van der Waals surface area (Å²) in [5, 5.41) is 7.56. The molecule has 1 aromatic rings. The van der Waals surface area contributed by atoms with Gasteiger partial charge < -0.3 is 15.0 Å². The van der Waals surface area contributed by atoms with E-state index in [0.717, 1.165) is 18.7 Å². The van der Waals surface area contributed by atoms with Gasteiger partial charge in [0.15, 0.2) is 0 Å². The lowest BCUT2D eigenvalue weighted by Gasteiger charge is -2.29. The second-order valence-corrected chi connectivity index (χ2v) is 4.84. The molecule has 0 saturated carbocycles. The van der Waals surface area contributed by atoms with Crippen molar-refractivity contribution in [3.63, 3.8) is 0 Å². The number of hydrogen-bond donors (Lipinski definition) is 1.